The molecule has 0 atom stereocenters. The van der Waals surface area contributed by atoms with Crippen LogP contribution in [0.25, 0.3) is 22.2 Å². The standard InChI is InChI=1S/C18H15N5/c1-2-4-16-11-13(5-6-14(16)3-1)12-19-17-9-7-15(8-10-17)18-20-22-23-21-18/h1-11,19H,12H2,(H,20,21,22,23). The summed E-state index contributed by atoms with van der Waals surface area (Å²) in [5, 5.41) is 19.9. The largest absolute Gasteiger partial charge is 0.381 e. The summed E-state index contributed by atoms with van der Waals surface area (Å²) in [6.07, 6.45) is 0. The normalized spacial score (nSPS) is 10.8. The van der Waals surface area contributed by atoms with E-state index in [2.05, 4.69) is 68.4 Å². The molecule has 0 spiro atoms. The highest BCUT2D eigenvalue weighted by atomic mass is 15.5. The number of hydrogen-bond donors (Lipinski definition) is 2. The van der Waals surface area contributed by atoms with Crippen LogP contribution < -0.4 is 5.32 Å². The van der Waals surface area contributed by atoms with Gasteiger partial charge in [-0.2, -0.15) is 5.21 Å². The van der Waals surface area contributed by atoms with Crippen LogP contribution >= 0.6 is 0 Å². The molecule has 23 heavy (non-hydrogen) atoms. The van der Waals surface area contributed by atoms with Crippen molar-refractivity contribution in [3.05, 3.63) is 72.3 Å². The van der Waals surface area contributed by atoms with Crippen molar-refractivity contribution in [1.29, 1.82) is 0 Å². The average Bonchev–Trinajstić information content (AvgIpc) is 3.15. The molecule has 4 aromatic rings. The summed E-state index contributed by atoms with van der Waals surface area (Å²) < 4.78 is 0. The fourth-order valence-corrected chi connectivity index (χ4v) is 2.57. The molecule has 0 fully saturated rings. The van der Waals surface area contributed by atoms with Crippen LogP contribution in [0.15, 0.2) is 66.7 Å². The minimum atomic E-state index is 0.603. The molecule has 0 unspecified atom stereocenters. The van der Waals surface area contributed by atoms with E-state index >= 15 is 0 Å². The number of nitrogens with one attached hydrogen (secondary N) is 2. The zero-order chi connectivity index (χ0) is 15.5. The van der Waals surface area contributed by atoms with Gasteiger partial charge in [0.1, 0.15) is 0 Å². The summed E-state index contributed by atoms with van der Waals surface area (Å²) in [6.45, 7) is 0.784. The van der Waals surface area contributed by atoms with Crippen LogP contribution in [0.1, 0.15) is 5.56 Å². The summed E-state index contributed by atoms with van der Waals surface area (Å²) in [5.74, 6) is 0.603. The van der Waals surface area contributed by atoms with Gasteiger partial charge >= 0.3 is 0 Å². The van der Waals surface area contributed by atoms with Gasteiger partial charge in [-0.25, -0.2) is 0 Å². The molecule has 0 saturated heterocycles. The lowest BCUT2D eigenvalue weighted by molar-refractivity contribution is 0.881. The van der Waals surface area contributed by atoms with Gasteiger partial charge in [0.2, 0.25) is 5.82 Å². The minimum absolute atomic E-state index is 0.603. The first-order valence-corrected chi connectivity index (χ1v) is 7.44. The summed E-state index contributed by atoms with van der Waals surface area (Å²) in [4.78, 5) is 0. The van der Waals surface area contributed by atoms with E-state index in [1.54, 1.807) is 0 Å². The van der Waals surface area contributed by atoms with E-state index in [1.807, 2.05) is 24.3 Å². The smallest absolute Gasteiger partial charge is 0.204 e. The molecule has 4 rings (SSSR count). The average molecular weight is 301 g/mol. The van der Waals surface area contributed by atoms with Crippen LogP contribution in [-0.4, -0.2) is 20.6 Å². The van der Waals surface area contributed by atoms with E-state index in [-0.39, 0.29) is 0 Å². The number of fused-ring (bicyclic) bond motifs is 1. The lowest BCUT2D eigenvalue weighted by atomic mass is 10.1. The second-order valence-electron chi connectivity index (χ2n) is 5.35. The number of nitrogens with zero attached hydrogens (tertiary/aromatic N) is 3. The monoisotopic (exact) mass is 301 g/mol. The number of benzene rings is 3. The quantitative estimate of drug-likeness (QED) is 0.604. The third-order valence-corrected chi connectivity index (χ3v) is 3.80. The van der Waals surface area contributed by atoms with Crippen molar-refractivity contribution >= 4 is 16.5 Å². The van der Waals surface area contributed by atoms with Gasteiger partial charge in [-0.05, 0) is 51.9 Å². The lowest BCUT2D eigenvalue weighted by Gasteiger charge is -2.08. The molecule has 1 aromatic heterocycles. The first-order chi connectivity index (χ1) is 11.4. The van der Waals surface area contributed by atoms with Crippen molar-refractivity contribution in [3.63, 3.8) is 0 Å². The van der Waals surface area contributed by atoms with Gasteiger partial charge in [-0.15, -0.1) is 10.2 Å². The van der Waals surface area contributed by atoms with Gasteiger partial charge in [0.05, 0.1) is 0 Å². The maximum atomic E-state index is 3.97. The number of tetrazole rings is 1. The number of hydrogen-bond acceptors (Lipinski definition) is 4. The SMILES string of the molecule is c1ccc2cc(CNc3ccc(-c4nn[nH]n4)cc3)ccc2c1. The molecule has 0 aliphatic rings. The van der Waals surface area contributed by atoms with Gasteiger partial charge in [0.25, 0.3) is 0 Å². The van der Waals surface area contributed by atoms with Gasteiger partial charge < -0.3 is 5.32 Å². The molecule has 3 aromatic carbocycles. The Hall–Kier alpha value is -3.21. The molecule has 0 amide bonds. The molecule has 112 valence electrons. The topological polar surface area (TPSA) is 66.5 Å². The van der Waals surface area contributed by atoms with Crippen molar-refractivity contribution in [2.75, 3.05) is 5.32 Å². The van der Waals surface area contributed by atoms with E-state index < -0.39 is 0 Å². The summed E-state index contributed by atoms with van der Waals surface area (Å²) >= 11 is 0. The highest BCUT2D eigenvalue weighted by Crippen LogP contribution is 2.19. The van der Waals surface area contributed by atoms with E-state index in [1.165, 1.54) is 16.3 Å². The lowest BCUT2D eigenvalue weighted by Crippen LogP contribution is -1.99. The Morgan fingerprint density at radius 3 is 2.48 bits per heavy atom. The predicted molar refractivity (Wildman–Crippen MR) is 90.9 cm³/mol. The van der Waals surface area contributed by atoms with E-state index in [9.17, 15) is 0 Å². The Bertz CT molecular complexity index is 914. The Labute approximate surface area is 133 Å². The maximum absolute atomic E-state index is 3.97. The third kappa shape index (κ3) is 2.89. The maximum Gasteiger partial charge on any atom is 0.204 e. The number of H-pyrrole nitrogens is 1. The molecule has 1 heterocycles. The predicted octanol–water partition coefficient (Wildman–Crippen LogP) is 3.63. The van der Waals surface area contributed by atoms with Gasteiger partial charge in [-0.1, -0.05) is 36.4 Å². The molecule has 0 aliphatic carbocycles. The van der Waals surface area contributed by atoms with Gasteiger partial charge in [0, 0.05) is 17.8 Å². The zero-order valence-corrected chi connectivity index (χ0v) is 12.4. The fraction of sp³-hybridized carbons (Fsp3) is 0.0556. The second kappa shape index (κ2) is 5.88. The van der Waals surface area contributed by atoms with Crippen LogP contribution in [-0.2, 0) is 6.54 Å². The van der Waals surface area contributed by atoms with Crippen LogP contribution in [0.5, 0.6) is 0 Å². The Balaban J connectivity index is 1.47. The second-order valence-corrected chi connectivity index (χ2v) is 5.35. The zero-order valence-electron chi connectivity index (χ0n) is 12.4. The molecular formula is C18H15N5. The molecule has 2 N–H and O–H groups in total. The highest BCUT2D eigenvalue weighted by Gasteiger charge is 2.02. The van der Waals surface area contributed by atoms with Crippen molar-refractivity contribution in [3.8, 4) is 11.4 Å². The minimum Gasteiger partial charge on any atom is -0.381 e. The van der Waals surface area contributed by atoms with Crippen LogP contribution in [0.4, 0.5) is 5.69 Å². The number of rotatable bonds is 4. The van der Waals surface area contributed by atoms with Crippen molar-refractivity contribution in [2.24, 2.45) is 0 Å². The molecular weight excluding hydrogens is 286 g/mol. The molecule has 0 bridgehead atoms. The highest BCUT2D eigenvalue weighted by molar-refractivity contribution is 5.83. The Morgan fingerprint density at radius 1 is 0.870 bits per heavy atom. The molecule has 0 radical (unpaired) electrons. The third-order valence-electron chi connectivity index (χ3n) is 3.80. The fourth-order valence-electron chi connectivity index (χ4n) is 2.57. The van der Waals surface area contributed by atoms with E-state index in [0.717, 1.165) is 17.8 Å². The Morgan fingerprint density at radius 2 is 1.70 bits per heavy atom. The number of anilines is 1. The number of aromatic amines is 1. The molecule has 0 aliphatic heterocycles. The summed E-state index contributed by atoms with van der Waals surface area (Å²) in [6, 6.07) is 22.9. The van der Waals surface area contributed by atoms with Crippen molar-refractivity contribution in [2.45, 2.75) is 6.54 Å². The van der Waals surface area contributed by atoms with Crippen LogP contribution in [0.2, 0.25) is 0 Å². The van der Waals surface area contributed by atoms with Crippen LogP contribution in [0, 0.1) is 0 Å². The van der Waals surface area contributed by atoms with Gasteiger partial charge in [0.15, 0.2) is 0 Å². The van der Waals surface area contributed by atoms with Crippen molar-refractivity contribution in [1.82, 2.24) is 20.6 Å². The molecule has 5 heteroatoms. The van der Waals surface area contributed by atoms with Crippen molar-refractivity contribution < 1.29 is 0 Å². The summed E-state index contributed by atoms with van der Waals surface area (Å²) in [5.41, 5.74) is 3.26. The Kier molecular flexibility index (Phi) is 3.44. The van der Waals surface area contributed by atoms with E-state index in [0.29, 0.717) is 5.82 Å². The molecule has 0 saturated carbocycles. The van der Waals surface area contributed by atoms with Crippen LogP contribution in [0.3, 0.4) is 0 Å². The number of aromatic nitrogens is 4. The summed E-state index contributed by atoms with van der Waals surface area (Å²) in [7, 11) is 0. The molecule has 5 nitrogen and oxygen atoms in total. The first-order valence-electron chi connectivity index (χ1n) is 7.44. The first kappa shape index (κ1) is 13.5. The van der Waals surface area contributed by atoms with Gasteiger partial charge in [-0.3, -0.25) is 0 Å². The van der Waals surface area contributed by atoms with E-state index in [4.69, 9.17) is 0 Å².